The third-order valence-corrected chi connectivity index (χ3v) is 6.35. The first-order chi connectivity index (χ1) is 15.7. The van der Waals surface area contributed by atoms with Crippen molar-refractivity contribution in [3.05, 3.63) is 65.2 Å². The Hall–Kier alpha value is -2.99. The predicted molar refractivity (Wildman–Crippen MR) is 127 cm³/mol. The van der Waals surface area contributed by atoms with Crippen LogP contribution in [0.2, 0.25) is 5.02 Å². The molecule has 2 aliphatic rings. The maximum atomic E-state index is 13.3. The zero-order valence-corrected chi connectivity index (χ0v) is 18.7. The van der Waals surface area contributed by atoms with Crippen molar-refractivity contribution >= 4 is 29.2 Å². The van der Waals surface area contributed by atoms with Crippen molar-refractivity contribution < 1.29 is 9.32 Å². The summed E-state index contributed by atoms with van der Waals surface area (Å²) in [5.41, 5.74) is 3.48. The average Bonchev–Trinajstić information content (AvgIpc) is 3.57. The van der Waals surface area contributed by atoms with Gasteiger partial charge in [-0.2, -0.15) is 0 Å². The number of anilines is 2. The van der Waals surface area contributed by atoms with E-state index in [9.17, 15) is 4.79 Å². The second kappa shape index (κ2) is 9.25. The van der Waals surface area contributed by atoms with E-state index in [2.05, 4.69) is 15.4 Å². The number of rotatable bonds is 6. The second-order valence-electron chi connectivity index (χ2n) is 8.53. The third-order valence-electron chi connectivity index (χ3n) is 6.11. The fourth-order valence-corrected chi connectivity index (χ4v) is 4.49. The molecule has 1 aliphatic heterocycles. The molecule has 166 valence electrons. The van der Waals surface area contributed by atoms with Gasteiger partial charge in [-0.1, -0.05) is 53.2 Å². The van der Waals surface area contributed by atoms with Crippen molar-refractivity contribution in [3.8, 4) is 11.3 Å². The first-order valence-corrected chi connectivity index (χ1v) is 11.7. The fraction of sp³-hybridized carbons (Fsp3) is 0.360. The summed E-state index contributed by atoms with van der Waals surface area (Å²) >= 11 is 6.10. The van der Waals surface area contributed by atoms with Crippen LogP contribution in [-0.2, 0) is 6.54 Å². The maximum Gasteiger partial charge on any atom is 0.322 e. The van der Waals surface area contributed by atoms with Crippen LogP contribution in [-0.4, -0.2) is 35.2 Å². The largest absolute Gasteiger partial charge is 0.340 e. The van der Waals surface area contributed by atoms with Gasteiger partial charge in [-0.05, 0) is 50.3 Å². The Balaban J connectivity index is 1.46. The summed E-state index contributed by atoms with van der Waals surface area (Å²) in [4.78, 5) is 17.5. The fourth-order valence-electron chi connectivity index (χ4n) is 4.30. The monoisotopic (exact) mass is 450 g/mol. The van der Waals surface area contributed by atoms with Gasteiger partial charge < -0.3 is 19.6 Å². The summed E-state index contributed by atoms with van der Waals surface area (Å²) < 4.78 is 5.90. The Kier molecular flexibility index (Phi) is 6.04. The molecule has 5 rings (SSSR count). The zero-order chi connectivity index (χ0) is 21.9. The number of nitrogens with one attached hydrogen (secondary N) is 1. The lowest BCUT2D eigenvalue weighted by molar-refractivity contribution is 0.206. The van der Waals surface area contributed by atoms with Crippen molar-refractivity contribution in [1.82, 2.24) is 10.1 Å². The second-order valence-corrected chi connectivity index (χ2v) is 8.96. The molecule has 7 heteroatoms. The molecule has 1 aliphatic carbocycles. The van der Waals surface area contributed by atoms with Crippen molar-refractivity contribution in [2.24, 2.45) is 0 Å². The molecular weight excluding hydrogens is 424 g/mol. The van der Waals surface area contributed by atoms with Crippen molar-refractivity contribution in [2.75, 3.05) is 23.3 Å². The van der Waals surface area contributed by atoms with Crippen LogP contribution in [0.4, 0.5) is 16.4 Å². The highest BCUT2D eigenvalue weighted by molar-refractivity contribution is 6.30. The molecule has 0 radical (unpaired) electrons. The zero-order valence-electron chi connectivity index (χ0n) is 18.0. The van der Waals surface area contributed by atoms with Gasteiger partial charge in [0.25, 0.3) is 0 Å². The SMILES string of the molecule is O=C(Nc1cccc(Cl)c1)N(Cc1c(-c2ccccc2)noc1N1CCCCC1)C1CC1. The normalized spacial score (nSPS) is 16.1. The van der Waals surface area contributed by atoms with Crippen LogP contribution in [0.25, 0.3) is 11.3 Å². The number of halogens is 1. The molecule has 2 heterocycles. The number of piperidine rings is 1. The van der Waals surface area contributed by atoms with Crippen LogP contribution in [0, 0.1) is 0 Å². The molecule has 6 nitrogen and oxygen atoms in total. The van der Waals surface area contributed by atoms with Crippen LogP contribution in [0.15, 0.2) is 59.1 Å². The van der Waals surface area contributed by atoms with Crippen LogP contribution in [0.5, 0.6) is 0 Å². The lowest BCUT2D eigenvalue weighted by Gasteiger charge is -2.28. The number of aromatic nitrogens is 1. The lowest BCUT2D eigenvalue weighted by atomic mass is 10.1. The van der Waals surface area contributed by atoms with E-state index in [1.807, 2.05) is 47.4 Å². The van der Waals surface area contributed by atoms with E-state index < -0.39 is 0 Å². The highest BCUT2D eigenvalue weighted by Gasteiger charge is 2.35. The number of amides is 2. The van der Waals surface area contributed by atoms with E-state index in [0.717, 1.165) is 61.5 Å². The van der Waals surface area contributed by atoms with Gasteiger partial charge in [0.15, 0.2) is 0 Å². The standard InChI is InChI=1S/C25H27ClN4O2/c26-19-10-7-11-20(16-19)27-25(31)30(21-12-13-21)17-22-23(18-8-3-1-4-9-18)28-32-24(22)29-14-5-2-6-15-29/h1,3-4,7-11,16,21H,2,5-6,12-15,17H2,(H,27,31). The molecule has 0 spiro atoms. The van der Waals surface area contributed by atoms with Gasteiger partial charge in [-0.25, -0.2) is 4.79 Å². The summed E-state index contributed by atoms with van der Waals surface area (Å²) in [7, 11) is 0. The van der Waals surface area contributed by atoms with Crippen LogP contribution in [0.1, 0.15) is 37.7 Å². The Morgan fingerprint density at radius 3 is 2.59 bits per heavy atom. The van der Waals surface area contributed by atoms with E-state index in [0.29, 0.717) is 17.3 Å². The van der Waals surface area contributed by atoms with Crippen molar-refractivity contribution in [3.63, 3.8) is 0 Å². The highest BCUT2D eigenvalue weighted by Crippen LogP contribution is 2.37. The van der Waals surface area contributed by atoms with E-state index in [-0.39, 0.29) is 12.1 Å². The number of carbonyl (C=O) groups is 1. The minimum absolute atomic E-state index is 0.125. The number of hydrogen-bond acceptors (Lipinski definition) is 4. The van der Waals surface area contributed by atoms with Crippen LogP contribution < -0.4 is 10.2 Å². The lowest BCUT2D eigenvalue weighted by Crippen LogP contribution is -2.37. The van der Waals surface area contributed by atoms with Gasteiger partial charge in [0.2, 0.25) is 5.88 Å². The molecule has 1 N–H and O–H groups in total. The van der Waals surface area contributed by atoms with Gasteiger partial charge in [-0.15, -0.1) is 0 Å². The molecule has 0 unspecified atom stereocenters. The Morgan fingerprint density at radius 1 is 1.09 bits per heavy atom. The Bertz CT molecular complexity index is 1070. The predicted octanol–water partition coefficient (Wildman–Crippen LogP) is 6.18. The number of urea groups is 1. The minimum atomic E-state index is -0.125. The summed E-state index contributed by atoms with van der Waals surface area (Å²) in [5.74, 6) is 0.796. The third kappa shape index (κ3) is 4.60. The summed E-state index contributed by atoms with van der Waals surface area (Å²) in [6.45, 7) is 2.36. The molecule has 2 amide bonds. The molecule has 32 heavy (non-hydrogen) atoms. The highest BCUT2D eigenvalue weighted by atomic mass is 35.5. The topological polar surface area (TPSA) is 61.6 Å². The van der Waals surface area contributed by atoms with Gasteiger partial charge in [0.1, 0.15) is 5.69 Å². The Morgan fingerprint density at radius 2 is 1.88 bits per heavy atom. The molecule has 2 fully saturated rings. The van der Waals surface area contributed by atoms with Crippen LogP contribution >= 0.6 is 11.6 Å². The first kappa shape index (κ1) is 20.9. The van der Waals surface area contributed by atoms with E-state index >= 15 is 0 Å². The van der Waals surface area contributed by atoms with Crippen LogP contribution in [0.3, 0.4) is 0 Å². The van der Waals surface area contributed by atoms with Crippen molar-refractivity contribution in [1.29, 1.82) is 0 Å². The van der Waals surface area contributed by atoms with E-state index in [1.54, 1.807) is 12.1 Å². The quantitative estimate of drug-likeness (QED) is 0.487. The Labute approximate surface area is 193 Å². The smallest absolute Gasteiger partial charge is 0.322 e. The summed E-state index contributed by atoms with van der Waals surface area (Å²) in [6.07, 6.45) is 5.54. The molecule has 3 aromatic rings. The average molecular weight is 451 g/mol. The van der Waals surface area contributed by atoms with Gasteiger partial charge in [0.05, 0.1) is 12.1 Å². The molecular formula is C25H27ClN4O2. The van der Waals surface area contributed by atoms with Gasteiger partial charge >= 0.3 is 6.03 Å². The molecule has 1 saturated heterocycles. The number of hydrogen-bond donors (Lipinski definition) is 1. The number of nitrogens with zero attached hydrogens (tertiary/aromatic N) is 3. The molecule has 0 atom stereocenters. The molecule has 1 saturated carbocycles. The van der Waals surface area contributed by atoms with Crippen molar-refractivity contribution in [2.45, 2.75) is 44.7 Å². The first-order valence-electron chi connectivity index (χ1n) is 11.3. The summed E-state index contributed by atoms with van der Waals surface area (Å²) in [5, 5.41) is 8.07. The number of carbonyl (C=O) groups excluding carboxylic acids is 1. The maximum absolute atomic E-state index is 13.3. The minimum Gasteiger partial charge on any atom is -0.340 e. The molecule has 2 aromatic carbocycles. The van der Waals surface area contributed by atoms with E-state index in [1.165, 1.54) is 6.42 Å². The van der Waals surface area contributed by atoms with Gasteiger partial charge in [0, 0.05) is 35.4 Å². The summed E-state index contributed by atoms with van der Waals surface area (Å²) in [6, 6.07) is 17.4. The molecule has 1 aromatic heterocycles. The number of benzene rings is 2. The van der Waals surface area contributed by atoms with Gasteiger partial charge in [-0.3, -0.25) is 0 Å². The molecule has 0 bridgehead atoms. The van der Waals surface area contributed by atoms with E-state index in [4.69, 9.17) is 16.1 Å².